The number of ether oxygens (including phenoxy) is 2. The molecule has 0 heterocycles. The van der Waals surface area contributed by atoms with Crippen molar-refractivity contribution in [2.24, 2.45) is 0 Å². The zero-order valence-corrected chi connectivity index (χ0v) is 6.51. The molecule has 0 amide bonds. The van der Waals surface area contributed by atoms with Gasteiger partial charge in [-0.1, -0.05) is 0 Å². The predicted octanol–water partition coefficient (Wildman–Crippen LogP) is 2.08. The van der Waals surface area contributed by atoms with E-state index in [-0.39, 0.29) is 0 Å². The number of hydrogen-bond donors (Lipinski definition) is 0. The molecule has 3 nitrogen and oxygen atoms in total. The summed E-state index contributed by atoms with van der Waals surface area (Å²) in [5, 5.41) is 0. The highest BCUT2D eigenvalue weighted by Gasteiger charge is 1.96. The normalized spacial score (nSPS) is 8.30. The summed E-state index contributed by atoms with van der Waals surface area (Å²) in [5.41, 5.74) is 0.924. The van der Waals surface area contributed by atoms with Gasteiger partial charge in [0, 0.05) is 0 Å². The fraction of sp³-hybridized carbons (Fsp3) is 0.571. The monoisotopic (exact) mass is 144 g/mol. The van der Waals surface area contributed by atoms with Crippen LogP contribution >= 0.6 is 0 Å². The van der Waals surface area contributed by atoms with Crippen molar-refractivity contribution in [1.82, 2.24) is 0 Å². The highest BCUT2D eigenvalue weighted by molar-refractivity contribution is 5.60. The van der Waals surface area contributed by atoms with Crippen molar-refractivity contribution in [1.29, 1.82) is 0 Å². The van der Waals surface area contributed by atoms with Crippen molar-refractivity contribution in [3.05, 3.63) is 11.8 Å². The second kappa shape index (κ2) is 4.85. The Morgan fingerprint density at radius 1 is 1.50 bits per heavy atom. The quantitative estimate of drug-likeness (QED) is 0.439. The predicted molar refractivity (Wildman–Crippen MR) is 37.5 cm³/mol. The Balaban J connectivity index is 3.49. The van der Waals surface area contributed by atoms with Crippen molar-refractivity contribution in [2.45, 2.75) is 20.8 Å². The Morgan fingerprint density at radius 2 is 2.10 bits per heavy atom. The average molecular weight is 144 g/mol. The van der Waals surface area contributed by atoms with Gasteiger partial charge in [-0.25, -0.2) is 4.79 Å². The summed E-state index contributed by atoms with van der Waals surface area (Å²) < 4.78 is 9.01. The van der Waals surface area contributed by atoms with Gasteiger partial charge < -0.3 is 9.47 Å². The molecule has 0 spiro atoms. The summed E-state index contributed by atoms with van der Waals surface area (Å²) in [4.78, 5) is 10.5. The maximum atomic E-state index is 10.5. The van der Waals surface area contributed by atoms with Gasteiger partial charge >= 0.3 is 6.16 Å². The molecule has 58 valence electrons. The summed E-state index contributed by atoms with van der Waals surface area (Å²) in [6.07, 6.45) is 0.710. The molecule has 0 aliphatic heterocycles. The molecule has 0 saturated carbocycles. The van der Waals surface area contributed by atoms with Crippen molar-refractivity contribution >= 4 is 6.16 Å². The lowest BCUT2D eigenvalue weighted by Crippen LogP contribution is -2.02. The van der Waals surface area contributed by atoms with E-state index in [1.54, 1.807) is 6.92 Å². The Kier molecular flexibility index (Phi) is 4.37. The Labute approximate surface area is 60.6 Å². The van der Waals surface area contributed by atoms with Crippen LogP contribution in [-0.2, 0) is 9.47 Å². The molecule has 0 aromatic rings. The van der Waals surface area contributed by atoms with E-state index < -0.39 is 6.16 Å². The fourth-order valence-electron chi connectivity index (χ4n) is 0.318. The van der Waals surface area contributed by atoms with Crippen LogP contribution < -0.4 is 0 Å². The largest absolute Gasteiger partial charge is 0.513 e. The van der Waals surface area contributed by atoms with Crippen LogP contribution in [0.3, 0.4) is 0 Å². The number of carbonyl (C=O) groups is 1. The summed E-state index contributed by atoms with van der Waals surface area (Å²) >= 11 is 0. The minimum atomic E-state index is -0.649. The van der Waals surface area contributed by atoms with Gasteiger partial charge in [0.15, 0.2) is 0 Å². The van der Waals surface area contributed by atoms with Crippen LogP contribution in [-0.4, -0.2) is 12.8 Å². The van der Waals surface area contributed by atoms with E-state index in [0.717, 1.165) is 5.57 Å². The molecular weight excluding hydrogens is 132 g/mol. The van der Waals surface area contributed by atoms with Crippen LogP contribution in [0.1, 0.15) is 20.8 Å². The molecule has 0 radical (unpaired) electrons. The van der Waals surface area contributed by atoms with E-state index in [9.17, 15) is 4.79 Å². The van der Waals surface area contributed by atoms with Gasteiger partial charge in [-0.05, 0) is 26.3 Å². The van der Waals surface area contributed by atoms with Crippen LogP contribution in [0.4, 0.5) is 4.79 Å². The second-order valence-electron chi connectivity index (χ2n) is 2.00. The van der Waals surface area contributed by atoms with Gasteiger partial charge in [0.05, 0.1) is 12.9 Å². The maximum Gasteiger partial charge on any atom is 0.513 e. The van der Waals surface area contributed by atoms with Crippen LogP contribution in [0.5, 0.6) is 0 Å². The first-order chi connectivity index (χ1) is 4.66. The van der Waals surface area contributed by atoms with Crippen LogP contribution in [0, 0.1) is 0 Å². The van der Waals surface area contributed by atoms with E-state index in [1.165, 1.54) is 6.26 Å². The zero-order valence-electron chi connectivity index (χ0n) is 6.51. The van der Waals surface area contributed by atoms with E-state index in [2.05, 4.69) is 9.47 Å². The molecule has 0 unspecified atom stereocenters. The molecule has 10 heavy (non-hydrogen) atoms. The van der Waals surface area contributed by atoms with Gasteiger partial charge in [-0.3, -0.25) is 0 Å². The van der Waals surface area contributed by atoms with Crippen molar-refractivity contribution < 1.29 is 14.3 Å². The number of rotatable bonds is 2. The Hall–Kier alpha value is -0.990. The zero-order chi connectivity index (χ0) is 7.98. The molecule has 0 aliphatic carbocycles. The molecule has 0 aromatic heterocycles. The van der Waals surface area contributed by atoms with E-state index in [4.69, 9.17) is 0 Å². The topological polar surface area (TPSA) is 35.5 Å². The lowest BCUT2D eigenvalue weighted by molar-refractivity contribution is 0.0889. The maximum absolute atomic E-state index is 10.5. The highest BCUT2D eigenvalue weighted by Crippen LogP contribution is 1.91. The first kappa shape index (κ1) is 9.01. The van der Waals surface area contributed by atoms with E-state index >= 15 is 0 Å². The van der Waals surface area contributed by atoms with Crippen molar-refractivity contribution in [3.8, 4) is 0 Å². The smallest absolute Gasteiger partial charge is 0.434 e. The third-order valence-corrected chi connectivity index (χ3v) is 0.653. The number of carbonyl (C=O) groups excluding carboxylic acids is 1. The summed E-state index contributed by atoms with van der Waals surface area (Å²) in [6.45, 7) is 5.73. The first-order valence-electron chi connectivity index (χ1n) is 3.13. The minimum Gasteiger partial charge on any atom is -0.434 e. The van der Waals surface area contributed by atoms with Gasteiger partial charge in [0.1, 0.15) is 0 Å². The molecule has 0 rings (SSSR count). The fourth-order valence-corrected chi connectivity index (χ4v) is 0.318. The number of allylic oxidation sites excluding steroid dienone is 1. The lowest BCUT2D eigenvalue weighted by Gasteiger charge is -1.98. The summed E-state index contributed by atoms with van der Waals surface area (Å²) in [7, 11) is 0. The molecule has 0 saturated heterocycles. The van der Waals surface area contributed by atoms with Gasteiger partial charge in [-0.15, -0.1) is 0 Å². The van der Waals surface area contributed by atoms with Crippen LogP contribution in [0.15, 0.2) is 11.8 Å². The van der Waals surface area contributed by atoms with Crippen LogP contribution in [0.25, 0.3) is 0 Å². The third kappa shape index (κ3) is 5.15. The second-order valence-corrected chi connectivity index (χ2v) is 2.00. The van der Waals surface area contributed by atoms with Crippen LogP contribution in [0.2, 0.25) is 0 Å². The molecule has 0 N–H and O–H groups in total. The minimum absolute atomic E-state index is 0.343. The Bertz CT molecular complexity index is 134. The van der Waals surface area contributed by atoms with Gasteiger partial charge in [0.2, 0.25) is 0 Å². The van der Waals surface area contributed by atoms with Gasteiger partial charge in [0.25, 0.3) is 0 Å². The lowest BCUT2D eigenvalue weighted by atomic mass is 10.4. The van der Waals surface area contributed by atoms with Gasteiger partial charge in [-0.2, -0.15) is 0 Å². The molecule has 3 heteroatoms. The Morgan fingerprint density at radius 3 is 2.50 bits per heavy atom. The highest BCUT2D eigenvalue weighted by atomic mass is 16.7. The molecule has 0 bridgehead atoms. The molecule has 0 fully saturated rings. The molecule has 0 aliphatic rings. The molecule has 0 aromatic carbocycles. The first-order valence-corrected chi connectivity index (χ1v) is 3.13. The van der Waals surface area contributed by atoms with Crippen molar-refractivity contribution in [2.75, 3.05) is 6.61 Å². The molecule has 0 atom stereocenters. The summed E-state index contributed by atoms with van der Waals surface area (Å²) in [5.74, 6) is 0. The molecular formula is C7H12O3. The average Bonchev–Trinajstić information content (AvgIpc) is 1.85. The standard InChI is InChI=1S/C7H12O3/c1-4-9-7(8)10-5-6(2)3/h5H,4H2,1-3H3. The van der Waals surface area contributed by atoms with Crippen molar-refractivity contribution in [3.63, 3.8) is 0 Å². The SMILES string of the molecule is CCOC(=O)OC=C(C)C. The third-order valence-electron chi connectivity index (χ3n) is 0.653. The van der Waals surface area contributed by atoms with E-state index in [0.29, 0.717) is 6.61 Å². The van der Waals surface area contributed by atoms with E-state index in [1.807, 2.05) is 13.8 Å². The number of hydrogen-bond acceptors (Lipinski definition) is 3. The summed E-state index contributed by atoms with van der Waals surface area (Å²) in [6, 6.07) is 0.